The van der Waals surface area contributed by atoms with Crippen molar-refractivity contribution in [3.05, 3.63) is 88.5 Å². The third-order valence-electron chi connectivity index (χ3n) is 5.97. The van der Waals surface area contributed by atoms with Gasteiger partial charge in [0, 0.05) is 5.56 Å². The number of carbonyl (C=O) groups excluding carboxylic acids is 1. The van der Waals surface area contributed by atoms with E-state index in [2.05, 4.69) is 30.8 Å². The van der Waals surface area contributed by atoms with Gasteiger partial charge in [-0.1, -0.05) is 51.1 Å². The molecule has 186 valence electrons. The normalized spacial score (nSPS) is 11.7. The van der Waals surface area contributed by atoms with Crippen molar-refractivity contribution in [2.75, 3.05) is 17.9 Å². The Morgan fingerprint density at radius 1 is 0.914 bits per heavy atom. The molecular formula is C28H34N2O4S. The molecule has 35 heavy (non-hydrogen) atoms. The van der Waals surface area contributed by atoms with Gasteiger partial charge in [0.2, 0.25) is 0 Å². The van der Waals surface area contributed by atoms with Gasteiger partial charge in [-0.25, -0.2) is 8.42 Å². The quantitative estimate of drug-likeness (QED) is 0.404. The van der Waals surface area contributed by atoms with Crippen molar-refractivity contribution in [3.63, 3.8) is 0 Å². The number of nitrogens with one attached hydrogen (secondary N) is 2. The lowest BCUT2D eigenvalue weighted by molar-refractivity contribution is 0.0946. The first-order valence-electron chi connectivity index (χ1n) is 11.6. The van der Waals surface area contributed by atoms with Crippen molar-refractivity contribution in [2.24, 2.45) is 0 Å². The minimum absolute atomic E-state index is 0.0706. The number of carbonyl (C=O) groups is 1. The molecule has 1 amide bonds. The highest BCUT2D eigenvalue weighted by Crippen LogP contribution is 2.25. The van der Waals surface area contributed by atoms with Gasteiger partial charge in [-0.05, 0) is 78.8 Å². The van der Waals surface area contributed by atoms with Gasteiger partial charge >= 0.3 is 0 Å². The van der Waals surface area contributed by atoms with Gasteiger partial charge in [-0.2, -0.15) is 0 Å². The summed E-state index contributed by atoms with van der Waals surface area (Å²) >= 11 is 0. The highest BCUT2D eigenvalue weighted by Gasteiger charge is 2.20. The lowest BCUT2D eigenvalue weighted by atomic mass is 9.87. The molecule has 0 aliphatic rings. The van der Waals surface area contributed by atoms with Crippen LogP contribution in [0, 0.1) is 20.8 Å². The molecule has 0 unspecified atom stereocenters. The number of ether oxygens (including phenoxy) is 1. The van der Waals surface area contributed by atoms with Crippen molar-refractivity contribution in [2.45, 2.75) is 51.9 Å². The number of hydrogen-bond acceptors (Lipinski definition) is 4. The number of amides is 1. The number of rotatable bonds is 8. The molecule has 7 heteroatoms. The van der Waals surface area contributed by atoms with Crippen LogP contribution < -0.4 is 14.8 Å². The van der Waals surface area contributed by atoms with E-state index in [9.17, 15) is 13.2 Å². The van der Waals surface area contributed by atoms with Gasteiger partial charge in [0.25, 0.3) is 15.9 Å². The van der Waals surface area contributed by atoms with Crippen LogP contribution in [0.1, 0.15) is 53.4 Å². The zero-order valence-electron chi connectivity index (χ0n) is 21.2. The summed E-state index contributed by atoms with van der Waals surface area (Å²) in [5.74, 6) is 0.369. The van der Waals surface area contributed by atoms with Crippen molar-refractivity contribution >= 4 is 21.6 Å². The van der Waals surface area contributed by atoms with Gasteiger partial charge in [-0.3, -0.25) is 9.52 Å². The van der Waals surface area contributed by atoms with Gasteiger partial charge in [-0.15, -0.1) is 0 Å². The van der Waals surface area contributed by atoms with E-state index in [-0.39, 0.29) is 28.3 Å². The van der Waals surface area contributed by atoms with E-state index < -0.39 is 10.0 Å². The molecule has 3 aromatic carbocycles. The summed E-state index contributed by atoms with van der Waals surface area (Å²) < 4.78 is 34.6. The number of aryl methyl sites for hydroxylation is 2. The average molecular weight is 495 g/mol. The Hall–Kier alpha value is -3.32. The fraction of sp³-hybridized carbons (Fsp3) is 0.321. The predicted molar refractivity (Wildman–Crippen MR) is 141 cm³/mol. The summed E-state index contributed by atoms with van der Waals surface area (Å²) in [6.07, 6.45) is 0. The Kier molecular flexibility index (Phi) is 7.90. The topological polar surface area (TPSA) is 84.5 Å². The molecule has 0 fully saturated rings. The summed E-state index contributed by atoms with van der Waals surface area (Å²) in [4.78, 5) is 12.7. The number of benzene rings is 3. The zero-order chi connectivity index (χ0) is 25.8. The lowest BCUT2D eigenvalue weighted by Gasteiger charge is -2.19. The highest BCUT2D eigenvalue weighted by molar-refractivity contribution is 7.92. The fourth-order valence-corrected chi connectivity index (χ4v) is 4.97. The molecule has 0 spiro atoms. The van der Waals surface area contributed by atoms with Crippen LogP contribution in [0.2, 0.25) is 0 Å². The molecule has 0 bridgehead atoms. The summed E-state index contributed by atoms with van der Waals surface area (Å²) in [6, 6.07) is 18.0. The molecule has 0 saturated heterocycles. The Balaban J connectivity index is 1.63. The first kappa shape index (κ1) is 26.3. The number of anilines is 1. The summed E-state index contributed by atoms with van der Waals surface area (Å²) in [5, 5.41) is 2.79. The molecular weight excluding hydrogens is 460 g/mol. The van der Waals surface area contributed by atoms with E-state index in [4.69, 9.17) is 4.74 Å². The van der Waals surface area contributed by atoms with E-state index in [1.165, 1.54) is 11.6 Å². The summed E-state index contributed by atoms with van der Waals surface area (Å²) in [7, 11) is -3.87. The van der Waals surface area contributed by atoms with Crippen LogP contribution in [0.15, 0.2) is 65.6 Å². The third-order valence-corrected chi connectivity index (χ3v) is 7.47. The van der Waals surface area contributed by atoms with Crippen LogP contribution in [-0.4, -0.2) is 27.5 Å². The van der Waals surface area contributed by atoms with Crippen LogP contribution in [0.3, 0.4) is 0 Å². The second-order valence-electron chi connectivity index (χ2n) is 9.71. The van der Waals surface area contributed by atoms with E-state index in [0.29, 0.717) is 17.9 Å². The maximum absolute atomic E-state index is 13.1. The minimum Gasteiger partial charge on any atom is -0.492 e. The second-order valence-corrected chi connectivity index (χ2v) is 11.4. The van der Waals surface area contributed by atoms with Crippen LogP contribution in [0.5, 0.6) is 5.75 Å². The Morgan fingerprint density at radius 2 is 1.60 bits per heavy atom. The van der Waals surface area contributed by atoms with Crippen molar-refractivity contribution in [1.29, 1.82) is 0 Å². The van der Waals surface area contributed by atoms with Crippen LogP contribution in [0.25, 0.3) is 0 Å². The van der Waals surface area contributed by atoms with Crippen LogP contribution in [0.4, 0.5) is 5.69 Å². The minimum atomic E-state index is -3.87. The van der Waals surface area contributed by atoms with E-state index >= 15 is 0 Å². The van der Waals surface area contributed by atoms with E-state index in [0.717, 1.165) is 16.9 Å². The Labute approximate surface area is 208 Å². The molecule has 0 aromatic heterocycles. The van der Waals surface area contributed by atoms with Crippen molar-refractivity contribution < 1.29 is 17.9 Å². The maximum atomic E-state index is 13.1. The van der Waals surface area contributed by atoms with E-state index in [1.54, 1.807) is 31.2 Å². The third kappa shape index (κ3) is 6.63. The SMILES string of the molecule is Cc1ccc(C(=O)NCCOc2ccc(C(C)(C)C)cc2)cc1S(=O)(=O)Nc1cccc(C)c1C. The molecule has 0 atom stereocenters. The summed E-state index contributed by atoms with van der Waals surface area (Å²) in [5.41, 5.74) is 4.48. The summed E-state index contributed by atoms with van der Waals surface area (Å²) in [6.45, 7) is 12.5. The van der Waals surface area contributed by atoms with Gasteiger partial charge in [0.15, 0.2) is 0 Å². The molecule has 6 nitrogen and oxygen atoms in total. The number of sulfonamides is 1. The molecule has 3 rings (SSSR count). The average Bonchev–Trinajstić information content (AvgIpc) is 2.79. The Bertz CT molecular complexity index is 1310. The lowest BCUT2D eigenvalue weighted by Crippen LogP contribution is -2.28. The molecule has 3 aromatic rings. The zero-order valence-corrected chi connectivity index (χ0v) is 22.0. The largest absolute Gasteiger partial charge is 0.492 e. The Morgan fingerprint density at radius 3 is 2.26 bits per heavy atom. The first-order valence-corrected chi connectivity index (χ1v) is 13.1. The standard InChI is InChI=1S/C28H34N2O4S/c1-19-8-7-9-25(21(19)3)30-35(32,33)26-18-22(11-10-20(26)2)27(31)29-16-17-34-24-14-12-23(13-15-24)28(4,5)6/h7-15,18,30H,16-17H2,1-6H3,(H,29,31). The first-order chi connectivity index (χ1) is 16.4. The molecule has 0 heterocycles. The molecule has 0 aliphatic heterocycles. The number of hydrogen-bond donors (Lipinski definition) is 2. The maximum Gasteiger partial charge on any atom is 0.262 e. The molecule has 0 saturated carbocycles. The fourth-order valence-electron chi connectivity index (χ4n) is 3.58. The molecule has 0 aliphatic carbocycles. The predicted octanol–water partition coefficient (Wildman–Crippen LogP) is 5.52. The van der Waals surface area contributed by atoms with Crippen LogP contribution in [-0.2, 0) is 15.4 Å². The van der Waals surface area contributed by atoms with Crippen LogP contribution >= 0.6 is 0 Å². The van der Waals surface area contributed by atoms with Gasteiger partial charge in [0.05, 0.1) is 17.1 Å². The molecule has 2 N–H and O–H groups in total. The van der Waals surface area contributed by atoms with Gasteiger partial charge < -0.3 is 10.1 Å². The smallest absolute Gasteiger partial charge is 0.262 e. The second kappa shape index (κ2) is 10.5. The van der Waals surface area contributed by atoms with Gasteiger partial charge in [0.1, 0.15) is 12.4 Å². The molecule has 0 radical (unpaired) electrons. The van der Waals surface area contributed by atoms with Crippen molar-refractivity contribution in [3.8, 4) is 5.75 Å². The monoisotopic (exact) mass is 494 g/mol. The van der Waals surface area contributed by atoms with E-state index in [1.807, 2.05) is 44.2 Å². The highest BCUT2D eigenvalue weighted by atomic mass is 32.2. The van der Waals surface area contributed by atoms with Crippen molar-refractivity contribution in [1.82, 2.24) is 5.32 Å².